The standard InChI is InChI=1S/C22H22F3N5O/c1-13-16(23)4-5-19(30-9-7-29(2)8-10-30)21(13)26-20(31)6-3-14-11-18-15(12-17(14)24)22(25)28-27-18/h3-6,11-12H,7-10H2,1-2H3,(H,26,31)(H,27,28)/b6-3+. The number of nitrogens with one attached hydrogen (secondary N) is 2. The summed E-state index contributed by atoms with van der Waals surface area (Å²) in [5.74, 6) is -2.42. The molecule has 2 aromatic carbocycles. The number of H-pyrrole nitrogens is 1. The third kappa shape index (κ3) is 4.27. The summed E-state index contributed by atoms with van der Waals surface area (Å²) in [6.45, 7) is 4.84. The van der Waals surface area contributed by atoms with E-state index in [1.807, 2.05) is 7.05 Å². The quantitative estimate of drug-likeness (QED) is 0.621. The molecule has 0 spiro atoms. The molecule has 0 aliphatic carbocycles. The van der Waals surface area contributed by atoms with Crippen LogP contribution in [0.4, 0.5) is 24.5 Å². The number of carbonyl (C=O) groups is 1. The first kappa shape index (κ1) is 20.9. The summed E-state index contributed by atoms with van der Waals surface area (Å²) in [7, 11) is 2.04. The van der Waals surface area contributed by atoms with Crippen LogP contribution >= 0.6 is 0 Å². The van der Waals surface area contributed by atoms with E-state index in [0.29, 0.717) is 16.8 Å². The third-order valence-electron chi connectivity index (χ3n) is 5.52. The number of amides is 1. The molecule has 0 radical (unpaired) electrons. The van der Waals surface area contributed by atoms with E-state index < -0.39 is 23.5 Å². The highest BCUT2D eigenvalue weighted by molar-refractivity contribution is 6.04. The van der Waals surface area contributed by atoms with E-state index in [1.54, 1.807) is 13.0 Å². The summed E-state index contributed by atoms with van der Waals surface area (Å²) in [6, 6.07) is 5.44. The zero-order valence-electron chi connectivity index (χ0n) is 17.2. The molecule has 9 heteroatoms. The minimum absolute atomic E-state index is 0.0336. The second-order valence-corrected chi connectivity index (χ2v) is 7.61. The fraction of sp³-hybridized carbons (Fsp3) is 0.273. The van der Waals surface area contributed by atoms with Crippen LogP contribution in [0, 0.1) is 24.5 Å². The molecule has 1 fully saturated rings. The Morgan fingerprint density at radius 1 is 1.13 bits per heavy atom. The Kier molecular flexibility index (Phi) is 5.69. The molecule has 6 nitrogen and oxygen atoms in total. The molecule has 1 amide bonds. The van der Waals surface area contributed by atoms with Gasteiger partial charge in [-0.25, -0.2) is 8.78 Å². The van der Waals surface area contributed by atoms with Crippen molar-refractivity contribution < 1.29 is 18.0 Å². The number of aromatic amines is 1. The first-order valence-electron chi connectivity index (χ1n) is 9.88. The number of hydrogen-bond acceptors (Lipinski definition) is 4. The number of halogens is 3. The Morgan fingerprint density at radius 2 is 1.87 bits per heavy atom. The molecule has 1 saturated heterocycles. The highest BCUT2D eigenvalue weighted by Gasteiger charge is 2.20. The number of nitrogens with zero attached hydrogens (tertiary/aromatic N) is 3. The van der Waals surface area contributed by atoms with Crippen molar-refractivity contribution in [2.24, 2.45) is 0 Å². The van der Waals surface area contributed by atoms with Crippen LogP contribution in [0.25, 0.3) is 17.0 Å². The molecule has 0 unspecified atom stereocenters. The summed E-state index contributed by atoms with van der Waals surface area (Å²) in [5.41, 5.74) is 1.89. The van der Waals surface area contributed by atoms with Crippen LogP contribution in [0.2, 0.25) is 0 Å². The van der Waals surface area contributed by atoms with Gasteiger partial charge in [-0.1, -0.05) is 0 Å². The van der Waals surface area contributed by atoms with E-state index >= 15 is 0 Å². The largest absolute Gasteiger partial charge is 0.367 e. The predicted molar refractivity (Wildman–Crippen MR) is 115 cm³/mol. The number of likely N-dealkylation sites (N-methyl/N-ethyl adjacent to an activating group) is 1. The fourth-order valence-corrected chi connectivity index (χ4v) is 3.62. The lowest BCUT2D eigenvalue weighted by atomic mass is 10.1. The number of hydrogen-bond donors (Lipinski definition) is 2. The molecule has 0 atom stereocenters. The van der Waals surface area contributed by atoms with Crippen LogP contribution in [0.3, 0.4) is 0 Å². The molecule has 0 saturated carbocycles. The summed E-state index contributed by atoms with van der Waals surface area (Å²) in [5, 5.41) is 8.64. The highest BCUT2D eigenvalue weighted by Crippen LogP contribution is 2.32. The van der Waals surface area contributed by atoms with Gasteiger partial charge < -0.3 is 15.1 Å². The smallest absolute Gasteiger partial charge is 0.248 e. The molecule has 1 aliphatic rings. The third-order valence-corrected chi connectivity index (χ3v) is 5.52. The Bertz CT molecular complexity index is 1170. The van der Waals surface area contributed by atoms with Gasteiger partial charge in [0.2, 0.25) is 11.9 Å². The number of aromatic nitrogens is 2. The minimum atomic E-state index is -0.791. The van der Waals surface area contributed by atoms with Crippen LogP contribution in [-0.4, -0.2) is 54.2 Å². The van der Waals surface area contributed by atoms with Gasteiger partial charge in [0.25, 0.3) is 0 Å². The average molecular weight is 429 g/mol. The maximum atomic E-state index is 14.3. The molecule has 0 bridgehead atoms. The number of carbonyl (C=O) groups excluding carboxylic acids is 1. The number of anilines is 2. The van der Waals surface area contributed by atoms with Crippen molar-refractivity contribution in [1.82, 2.24) is 15.1 Å². The number of piperazine rings is 1. The molecule has 31 heavy (non-hydrogen) atoms. The highest BCUT2D eigenvalue weighted by atomic mass is 19.1. The molecular weight excluding hydrogens is 407 g/mol. The van der Waals surface area contributed by atoms with Crippen molar-refractivity contribution in [2.75, 3.05) is 43.4 Å². The van der Waals surface area contributed by atoms with Crippen LogP contribution < -0.4 is 10.2 Å². The Morgan fingerprint density at radius 3 is 2.61 bits per heavy atom. The van der Waals surface area contributed by atoms with Crippen molar-refractivity contribution in [1.29, 1.82) is 0 Å². The fourth-order valence-electron chi connectivity index (χ4n) is 3.62. The van der Waals surface area contributed by atoms with Crippen LogP contribution in [0.5, 0.6) is 0 Å². The SMILES string of the molecule is Cc1c(F)ccc(N2CCN(C)CC2)c1NC(=O)/C=C/c1cc2[nH]nc(F)c2cc1F. The lowest BCUT2D eigenvalue weighted by Crippen LogP contribution is -2.44. The Hall–Kier alpha value is -3.33. The average Bonchev–Trinajstić information content (AvgIpc) is 3.10. The lowest BCUT2D eigenvalue weighted by Gasteiger charge is -2.35. The number of benzene rings is 2. The molecular formula is C22H22F3N5O. The van der Waals surface area contributed by atoms with Crippen molar-refractivity contribution >= 4 is 34.3 Å². The van der Waals surface area contributed by atoms with E-state index in [9.17, 15) is 18.0 Å². The Labute approximate surface area is 177 Å². The molecule has 2 N–H and O–H groups in total. The summed E-state index contributed by atoms with van der Waals surface area (Å²) < 4.78 is 41.9. The Balaban J connectivity index is 1.57. The predicted octanol–water partition coefficient (Wildman–Crippen LogP) is 3.69. The van der Waals surface area contributed by atoms with Crippen LogP contribution in [0.15, 0.2) is 30.3 Å². The van der Waals surface area contributed by atoms with Gasteiger partial charge in [-0.2, -0.15) is 4.39 Å². The van der Waals surface area contributed by atoms with Gasteiger partial charge in [0.05, 0.1) is 22.3 Å². The van der Waals surface area contributed by atoms with Gasteiger partial charge in [-0.15, -0.1) is 5.10 Å². The monoisotopic (exact) mass is 429 g/mol. The molecule has 2 heterocycles. The maximum absolute atomic E-state index is 14.3. The molecule has 3 aromatic rings. The van der Waals surface area contributed by atoms with Gasteiger partial charge in [0.1, 0.15) is 11.6 Å². The molecule has 4 rings (SSSR count). The van der Waals surface area contributed by atoms with Gasteiger partial charge in [-0.05, 0) is 44.3 Å². The van der Waals surface area contributed by atoms with E-state index in [0.717, 1.165) is 44.0 Å². The van der Waals surface area contributed by atoms with Gasteiger partial charge >= 0.3 is 0 Å². The molecule has 1 aliphatic heterocycles. The first-order chi connectivity index (χ1) is 14.8. The topological polar surface area (TPSA) is 64.3 Å². The van der Waals surface area contributed by atoms with E-state index in [4.69, 9.17) is 0 Å². The van der Waals surface area contributed by atoms with Crippen LogP contribution in [-0.2, 0) is 4.79 Å². The lowest BCUT2D eigenvalue weighted by molar-refractivity contribution is -0.111. The van der Waals surface area contributed by atoms with Crippen molar-refractivity contribution in [3.8, 4) is 0 Å². The number of fused-ring (bicyclic) bond motifs is 1. The van der Waals surface area contributed by atoms with Crippen molar-refractivity contribution in [3.63, 3.8) is 0 Å². The normalized spacial score (nSPS) is 15.2. The first-order valence-corrected chi connectivity index (χ1v) is 9.88. The second-order valence-electron chi connectivity index (χ2n) is 7.61. The number of rotatable bonds is 4. The van der Waals surface area contributed by atoms with Gasteiger partial charge in [-0.3, -0.25) is 9.89 Å². The molecule has 162 valence electrons. The zero-order chi connectivity index (χ0) is 22.1. The summed E-state index contributed by atoms with van der Waals surface area (Å²) in [6.07, 6.45) is 2.45. The van der Waals surface area contributed by atoms with E-state index in [-0.39, 0.29) is 10.9 Å². The second kappa shape index (κ2) is 8.43. The summed E-state index contributed by atoms with van der Waals surface area (Å²) >= 11 is 0. The molecule has 1 aromatic heterocycles. The zero-order valence-corrected chi connectivity index (χ0v) is 17.2. The van der Waals surface area contributed by atoms with Crippen LogP contribution in [0.1, 0.15) is 11.1 Å². The minimum Gasteiger partial charge on any atom is -0.367 e. The van der Waals surface area contributed by atoms with Gasteiger partial charge in [0.15, 0.2) is 0 Å². The van der Waals surface area contributed by atoms with Gasteiger partial charge in [0, 0.05) is 43.4 Å². The van der Waals surface area contributed by atoms with E-state index in [1.165, 1.54) is 18.2 Å². The van der Waals surface area contributed by atoms with Crippen molar-refractivity contribution in [2.45, 2.75) is 6.92 Å². The summed E-state index contributed by atoms with van der Waals surface area (Å²) in [4.78, 5) is 16.9. The maximum Gasteiger partial charge on any atom is 0.248 e. The van der Waals surface area contributed by atoms with Crippen molar-refractivity contribution in [3.05, 3.63) is 59.1 Å². The van der Waals surface area contributed by atoms with E-state index in [2.05, 4.69) is 25.3 Å².